The maximum absolute atomic E-state index is 5.34. The second kappa shape index (κ2) is 5.48. The van der Waals surface area contributed by atoms with Crippen molar-refractivity contribution in [3.63, 3.8) is 0 Å². The molecule has 0 saturated heterocycles. The van der Waals surface area contributed by atoms with Gasteiger partial charge in [0.05, 0.1) is 12.3 Å². The number of anilines is 1. The summed E-state index contributed by atoms with van der Waals surface area (Å²) in [7, 11) is 0. The van der Waals surface area contributed by atoms with Gasteiger partial charge in [0.15, 0.2) is 0 Å². The number of furan rings is 1. The van der Waals surface area contributed by atoms with Gasteiger partial charge in [-0.05, 0) is 25.5 Å². The molecule has 0 saturated carbocycles. The lowest BCUT2D eigenvalue weighted by molar-refractivity contribution is 0.490. The van der Waals surface area contributed by atoms with Crippen LogP contribution in [0.2, 0.25) is 0 Å². The largest absolute Gasteiger partial charge is 0.467 e. The van der Waals surface area contributed by atoms with Crippen LogP contribution in [0.25, 0.3) is 0 Å². The highest BCUT2D eigenvalue weighted by molar-refractivity contribution is 5.37. The minimum absolute atomic E-state index is 0.106. The summed E-state index contributed by atoms with van der Waals surface area (Å²) in [5, 5.41) is 3.30. The third kappa shape index (κ3) is 3.06. The van der Waals surface area contributed by atoms with Gasteiger partial charge < -0.3 is 9.73 Å². The Kier molecular flexibility index (Phi) is 3.75. The highest BCUT2D eigenvalue weighted by atomic mass is 16.3. The van der Waals surface area contributed by atoms with Gasteiger partial charge in [0.1, 0.15) is 17.9 Å². The molecule has 1 atom stereocenters. The van der Waals surface area contributed by atoms with Crippen LogP contribution >= 0.6 is 0 Å². The van der Waals surface area contributed by atoms with Gasteiger partial charge in [-0.15, -0.1) is 0 Å². The number of aromatic nitrogens is 2. The highest BCUT2D eigenvalue weighted by Gasteiger charge is 2.08. The van der Waals surface area contributed by atoms with Gasteiger partial charge in [-0.2, -0.15) is 0 Å². The van der Waals surface area contributed by atoms with Crippen LogP contribution in [-0.2, 0) is 6.42 Å². The molecule has 1 N–H and O–H groups in total. The van der Waals surface area contributed by atoms with E-state index in [2.05, 4.69) is 22.2 Å². The monoisotopic (exact) mass is 231 g/mol. The summed E-state index contributed by atoms with van der Waals surface area (Å²) in [6.07, 6.45) is 5.34. The molecule has 0 aromatic carbocycles. The van der Waals surface area contributed by atoms with Gasteiger partial charge >= 0.3 is 0 Å². The van der Waals surface area contributed by atoms with Crippen LogP contribution in [0.3, 0.4) is 0 Å². The first-order valence-corrected chi connectivity index (χ1v) is 5.90. The fourth-order valence-corrected chi connectivity index (χ4v) is 1.70. The SMILES string of the molecule is CCCc1cc(NC(C)c2ccco2)ncn1. The molecule has 0 spiro atoms. The normalized spacial score (nSPS) is 12.4. The van der Waals surface area contributed by atoms with Crippen LogP contribution in [-0.4, -0.2) is 9.97 Å². The molecular formula is C13H17N3O. The van der Waals surface area contributed by atoms with E-state index in [0.29, 0.717) is 0 Å². The third-order valence-corrected chi connectivity index (χ3v) is 2.56. The standard InChI is InChI=1S/C13H17N3O/c1-3-5-11-8-13(15-9-14-11)16-10(2)12-6-4-7-17-12/h4,6-10H,3,5H2,1-2H3,(H,14,15,16). The molecule has 2 rings (SSSR count). The van der Waals surface area contributed by atoms with E-state index in [9.17, 15) is 0 Å². The van der Waals surface area contributed by atoms with Crippen molar-refractivity contribution in [1.82, 2.24) is 9.97 Å². The Morgan fingerprint density at radius 3 is 3.00 bits per heavy atom. The van der Waals surface area contributed by atoms with E-state index in [1.165, 1.54) is 0 Å². The molecule has 4 nitrogen and oxygen atoms in total. The minimum Gasteiger partial charge on any atom is -0.467 e. The Balaban J connectivity index is 2.05. The lowest BCUT2D eigenvalue weighted by Gasteiger charge is -2.12. The minimum atomic E-state index is 0.106. The topological polar surface area (TPSA) is 51.0 Å². The third-order valence-electron chi connectivity index (χ3n) is 2.56. The quantitative estimate of drug-likeness (QED) is 0.858. The van der Waals surface area contributed by atoms with Gasteiger partial charge in [0.2, 0.25) is 0 Å². The summed E-state index contributed by atoms with van der Waals surface area (Å²) in [4.78, 5) is 8.43. The number of nitrogens with one attached hydrogen (secondary N) is 1. The zero-order valence-electron chi connectivity index (χ0n) is 10.2. The molecule has 1 unspecified atom stereocenters. The van der Waals surface area contributed by atoms with Crippen LogP contribution in [0.1, 0.15) is 37.8 Å². The molecule has 0 aliphatic carbocycles. The number of hydrogen-bond donors (Lipinski definition) is 1. The molecule has 90 valence electrons. The van der Waals surface area contributed by atoms with Crippen molar-refractivity contribution in [2.75, 3.05) is 5.32 Å². The van der Waals surface area contributed by atoms with Crippen LogP contribution < -0.4 is 5.32 Å². The maximum atomic E-state index is 5.34. The summed E-state index contributed by atoms with van der Waals surface area (Å²) >= 11 is 0. The number of aryl methyl sites for hydroxylation is 1. The van der Waals surface area contributed by atoms with Crippen molar-refractivity contribution in [3.05, 3.63) is 42.2 Å². The molecule has 0 radical (unpaired) electrons. The smallest absolute Gasteiger partial charge is 0.130 e. The molecule has 0 fully saturated rings. The van der Waals surface area contributed by atoms with Gasteiger partial charge in [-0.25, -0.2) is 9.97 Å². The molecule has 0 bridgehead atoms. The fourth-order valence-electron chi connectivity index (χ4n) is 1.70. The lowest BCUT2D eigenvalue weighted by atomic mass is 10.2. The van der Waals surface area contributed by atoms with Crippen molar-refractivity contribution >= 4 is 5.82 Å². The first-order valence-electron chi connectivity index (χ1n) is 5.90. The van der Waals surface area contributed by atoms with Gasteiger partial charge in [-0.1, -0.05) is 13.3 Å². The Labute approximate surface area is 101 Å². The summed E-state index contributed by atoms with van der Waals surface area (Å²) in [6.45, 7) is 4.18. The Hall–Kier alpha value is -1.84. The molecule has 0 amide bonds. The lowest BCUT2D eigenvalue weighted by Crippen LogP contribution is -2.07. The van der Waals surface area contributed by atoms with E-state index in [1.54, 1.807) is 12.6 Å². The Bertz CT molecular complexity index is 453. The second-order valence-electron chi connectivity index (χ2n) is 4.03. The van der Waals surface area contributed by atoms with Crippen molar-refractivity contribution in [3.8, 4) is 0 Å². The molecule has 2 heterocycles. The van der Waals surface area contributed by atoms with E-state index in [1.807, 2.05) is 25.1 Å². The number of hydrogen-bond acceptors (Lipinski definition) is 4. The number of rotatable bonds is 5. The maximum Gasteiger partial charge on any atom is 0.130 e. The van der Waals surface area contributed by atoms with Crippen LogP contribution in [0, 0.1) is 0 Å². The molecule has 4 heteroatoms. The molecule has 0 aliphatic heterocycles. The summed E-state index contributed by atoms with van der Waals surface area (Å²) < 4.78 is 5.34. The van der Waals surface area contributed by atoms with Crippen molar-refractivity contribution in [1.29, 1.82) is 0 Å². The second-order valence-corrected chi connectivity index (χ2v) is 4.03. The highest BCUT2D eigenvalue weighted by Crippen LogP contribution is 2.18. The predicted octanol–water partition coefficient (Wildman–Crippen LogP) is 3.20. The Morgan fingerprint density at radius 1 is 1.41 bits per heavy atom. The average molecular weight is 231 g/mol. The molecule has 2 aromatic heterocycles. The number of nitrogens with zero attached hydrogens (tertiary/aromatic N) is 2. The van der Waals surface area contributed by atoms with Gasteiger partial charge in [0.25, 0.3) is 0 Å². The van der Waals surface area contributed by atoms with Crippen LogP contribution in [0.15, 0.2) is 35.2 Å². The van der Waals surface area contributed by atoms with Crippen molar-refractivity contribution in [2.45, 2.75) is 32.7 Å². The van der Waals surface area contributed by atoms with Crippen LogP contribution in [0.5, 0.6) is 0 Å². The van der Waals surface area contributed by atoms with Crippen molar-refractivity contribution in [2.24, 2.45) is 0 Å². The molecular weight excluding hydrogens is 214 g/mol. The zero-order valence-corrected chi connectivity index (χ0v) is 10.2. The molecule has 2 aromatic rings. The summed E-state index contributed by atoms with van der Waals surface area (Å²) in [5.74, 6) is 1.74. The van der Waals surface area contributed by atoms with E-state index in [4.69, 9.17) is 4.42 Å². The fraction of sp³-hybridized carbons (Fsp3) is 0.385. The summed E-state index contributed by atoms with van der Waals surface area (Å²) in [6, 6.07) is 5.93. The average Bonchev–Trinajstić information content (AvgIpc) is 2.83. The molecule has 17 heavy (non-hydrogen) atoms. The first kappa shape index (κ1) is 11.6. The van der Waals surface area contributed by atoms with Crippen LogP contribution in [0.4, 0.5) is 5.82 Å². The predicted molar refractivity (Wildman–Crippen MR) is 66.8 cm³/mol. The summed E-state index contributed by atoms with van der Waals surface area (Å²) in [5.41, 5.74) is 1.07. The van der Waals surface area contributed by atoms with E-state index >= 15 is 0 Å². The molecule has 0 aliphatic rings. The van der Waals surface area contributed by atoms with E-state index < -0.39 is 0 Å². The zero-order chi connectivity index (χ0) is 12.1. The van der Waals surface area contributed by atoms with E-state index in [0.717, 1.165) is 30.1 Å². The van der Waals surface area contributed by atoms with Gasteiger partial charge in [0, 0.05) is 11.8 Å². The first-order chi connectivity index (χ1) is 8.29. The van der Waals surface area contributed by atoms with E-state index in [-0.39, 0.29) is 6.04 Å². The Morgan fingerprint density at radius 2 is 2.29 bits per heavy atom. The van der Waals surface area contributed by atoms with Crippen molar-refractivity contribution < 1.29 is 4.42 Å². The van der Waals surface area contributed by atoms with Gasteiger partial charge in [-0.3, -0.25) is 0 Å².